The number of benzene rings is 2. The third-order valence-electron chi connectivity index (χ3n) is 2.79. The van der Waals surface area contributed by atoms with Gasteiger partial charge >= 0.3 is 0 Å². The van der Waals surface area contributed by atoms with Crippen LogP contribution in [-0.4, -0.2) is 22.5 Å². The van der Waals surface area contributed by atoms with Crippen molar-refractivity contribution in [1.29, 1.82) is 0 Å². The summed E-state index contributed by atoms with van der Waals surface area (Å²) in [6.07, 6.45) is 0. The van der Waals surface area contributed by atoms with Crippen molar-refractivity contribution in [1.82, 2.24) is 5.32 Å². The molecule has 0 aliphatic heterocycles. The average Bonchev–Trinajstić information content (AvgIpc) is 2.54. The second kappa shape index (κ2) is 8.23. The van der Waals surface area contributed by atoms with Gasteiger partial charge in [0.2, 0.25) is 0 Å². The van der Waals surface area contributed by atoms with Crippen LogP contribution in [0.5, 0.6) is 5.75 Å². The van der Waals surface area contributed by atoms with Crippen LogP contribution in [0.2, 0.25) is 5.02 Å². The quantitative estimate of drug-likeness (QED) is 0.480. The van der Waals surface area contributed by atoms with Gasteiger partial charge in [-0.2, -0.15) is 0 Å². The van der Waals surface area contributed by atoms with Crippen molar-refractivity contribution in [2.24, 2.45) is 0 Å². The number of hydrogen-bond acceptors (Lipinski definition) is 5. The van der Waals surface area contributed by atoms with Gasteiger partial charge in [0, 0.05) is 11.1 Å². The minimum absolute atomic E-state index is 0.0611. The van der Waals surface area contributed by atoms with E-state index in [0.717, 1.165) is 0 Å². The Morgan fingerprint density at radius 3 is 2.54 bits per heavy atom. The molecule has 0 saturated carbocycles. The molecule has 24 heavy (non-hydrogen) atoms. The van der Waals surface area contributed by atoms with Gasteiger partial charge < -0.3 is 10.1 Å². The topological polar surface area (TPSA) is 93.5 Å². The zero-order chi connectivity index (χ0) is 17.5. The van der Waals surface area contributed by atoms with Crippen molar-refractivity contribution in [2.45, 2.75) is 0 Å². The van der Waals surface area contributed by atoms with Crippen LogP contribution in [0.3, 0.4) is 0 Å². The number of carbonyl (C=O) groups is 1. The summed E-state index contributed by atoms with van der Waals surface area (Å²) in [5, 5.41) is 16.4. The molecule has 0 aliphatic rings. The van der Waals surface area contributed by atoms with Gasteiger partial charge in [-0.15, -0.1) is 0 Å². The van der Waals surface area contributed by atoms with E-state index >= 15 is 0 Å². The maximum atomic E-state index is 11.8. The Kier molecular flexibility index (Phi) is 6.05. The highest BCUT2D eigenvalue weighted by Crippen LogP contribution is 2.22. The van der Waals surface area contributed by atoms with E-state index in [0.29, 0.717) is 10.8 Å². The monoisotopic (exact) mass is 365 g/mol. The molecule has 0 saturated heterocycles. The first-order valence-corrected chi connectivity index (χ1v) is 7.47. The van der Waals surface area contributed by atoms with Crippen LogP contribution >= 0.6 is 23.8 Å². The number of ether oxygens (including phenoxy) is 1. The van der Waals surface area contributed by atoms with E-state index in [1.54, 1.807) is 30.3 Å². The van der Waals surface area contributed by atoms with Gasteiger partial charge in [-0.05, 0) is 42.5 Å². The highest BCUT2D eigenvalue weighted by Gasteiger charge is 2.14. The van der Waals surface area contributed by atoms with Crippen molar-refractivity contribution in [3.8, 4) is 5.75 Å². The van der Waals surface area contributed by atoms with E-state index in [9.17, 15) is 14.9 Å². The lowest BCUT2D eigenvalue weighted by Crippen LogP contribution is -2.37. The predicted octanol–water partition coefficient (Wildman–Crippen LogP) is 3.14. The average molecular weight is 366 g/mol. The number of amides is 1. The van der Waals surface area contributed by atoms with Crippen LogP contribution < -0.4 is 15.4 Å². The van der Waals surface area contributed by atoms with E-state index in [-0.39, 0.29) is 23.1 Å². The molecule has 7 nitrogen and oxygen atoms in total. The number of nitro benzene ring substituents is 1. The summed E-state index contributed by atoms with van der Waals surface area (Å²) < 4.78 is 5.27. The summed E-state index contributed by atoms with van der Waals surface area (Å²) >= 11 is 10.7. The van der Waals surface area contributed by atoms with Crippen LogP contribution in [-0.2, 0) is 4.79 Å². The summed E-state index contributed by atoms with van der Waals surface area (Å²) in [7, 11) is 0. The molecule has 9 heteroatoms. The van der Waals surface area contributed by atoms with Crippen LogP contribution in [0.25, 0.3) is 0 Å². The zero-order valence-corrected chi connectivity index (χ0v) is 13.8. The number of anilines is 1. The molecule has 2 aromatic carbocycles. The van der Waals surface area contributed by atoms with E-state index in [1.165, 1.54) is 18.2 Å². The molecule has 124 valence electrons. The second-order valence-electron chi connectivity index (χ2n) is 4.52. The fraction of sp³-hybridized carbons (Fsp3) is 0.0667. The Morgan fingerprint density at radius 1 is 1.21 bits per heavy atom. The number of nitrogens with one attached hydrogen (secondary N) is 2. The summed E-state index contributed by atoms with van der Waals surface area (Å²) in [4.78, 5) is 22.1. The van der Waals surface area contributed by atoms with Crippen LogP contribution in [0.1, 0.15) is 0 Å². The third-order valence-corrected chi connectivity index (χ3v) is 3.24. The van der Waals surface area contributed by atoms with Gasteiger partial charge in [-0.3, -0.25) is 20.2 Å². The van der Waals surface area contributed by atoms with E-state index < -0.39 is 10.8 Å². The summed E-state index contributed by atoms with van der Waals surface area (Å²) in [5.41, 5.74) is 0.0398. The molecule has 1 amide bonds. The SMILES string of the molecule is O=C(COc1ccc(Cl)cc1)NC(=S)Nc1ccccc1[N+](=O)[O-]. The molecule has 0 spiro atoms. The molecule has 0 unspecified atom stereocenters. The summed E-state index contributed by atoms with van der Waals surface area (Å²) in [5.74, 6) is -0.0202. The maximum Gasteiger partial charge on any atom is 0.292 e. The Morgan fingerprint density at radius 2 is 1.88 bits per heavy atom. The largest absolute Gasteiger partial charge is 0.484 e. The van der Waals surface area contributed by atoms with Crippen LogP contribution in [0, 0.1) is 10.1 Å². The van der Waals surface area contributed by atoms with Gasteiger partial charge in [-0.1, -0.05) is 23.7 Å². The standard InChI is InChI=1S/C15H12ClN3O4S/c16-10-5-7-11(8-6-10)23-9-14(20)18-15(24)17-12-3-1-2-4-13(12)19(21)22/h1-8H,9H2,(H2,17,18,20,24). The Bertz CT molecular complexity index is 768. The lowest BCUT2D eigenvalue weighted by molar-refractivity contribution is -0.383. The van der Waals surface area contributed by atoms with E-state index in [4.69, 9.17) is 28.6 Å². The predicted molar refractivity (Wildman–Crippen MR) is 94.4 cm³/mol. The third kappa shape index (κ3) is 5.18. The highest BCUT2D eigenvalue weighted by molar-refractivity contribution is 7.80. The first kappa shape index (κ1) is 17.6. The van der Waals surface area contributed by atoms with Gasteiger partial charge in [0.05, 0.1) is 4.92 Å². The Labute approximate surface area is 147 Å². The number of rotatable bonds is 5. The van der Waals surface area contributed by atoms with E-state index in [1.807, 2.05) is 0 Å². The molecule has 0 fully saturated rings. The van der Waals surface area contributed by atoms with Crippen LogP contribution in [0.15, 0.2) is 48.5 Å². The molecule has 2 rings (SSSR count). The van der Waals surface area contributed by atoms with Crippen molar-refractivity contribution in [2.75, 3.05) is 11.9 Å². The molecule has 0 heterocycles. The Balaban J connectivity index is 1.87. The van der Waals surface area contributed by atoms with Crippen molar-refractivity contribution < 1.29 is 14.5 Å². The first-order valence-electron chi connectivity index (χ1n) is 6.68. The van der Waals surface area contributed by atoms with Crippen LogP contribution in [0.4, 0.5) is 11.4 Å². The van der Waals surface area contributed by atoms with Gasteiger partial charge in [0.15, 0.2) is 11.7 Å². The van der Waals surface area contributed by atoms with Crippen molar-refractivity contribution in [3.05, 3.63) is 63.7 Å². The van der Waals surface area contributed by atoms with Gasteiger partial charge in [0.25, 0.3) is 11.6 Å². The molecule has 2 aromatic rings. The zero-order valence-electron chi connectivity index (χ0n) is 12.2. The van der Waals surface area contributed by atoms with E-state index in [2.05, 4.69) is 10.6 Å². The number of carbonyl (C=O) groups excluding carboxylic acids is 1. The first-order chi connectivity index (χ1) is 11.5. The molecule has 0 aromatic heterocycles. The fourth-order valence-corrected chi connectivity index (χ4v) is 2.08. The molecular weight excluding hydrogens is 354 g/mol. The minimum Gasteiger partial charge on any atom is -0.484 e. The molecule has 2 N–H and O–H groups in total. The van der Waals surface area contributed by atoms with Crippen molar-refractivity contribution in [3.63, 3.8) is 0 Å². The maximum absolute atomic E-state index is 11.8. The molecule has 0 atom stereocenters. The van der Waals surface area contributed by atoms with Gasteiger partial charge in [0.1, 0.15) is 11.4 Å². The molecule has 0 aliphatic carbocycles. The fourth-order valence-electron chi connectivity index (χ4n) is 1.73. The Hall–Kier alpha value is -2.71. The number of nitrogens with zero attached hydrogens (tertiary/aromatic N) is 1. The lowest BCUT2D eigenvalue weighted by Gasteiger charge is -2.10. The molecule has 0 bridgehead atoms. The minimum atomic E-state index is -0.545. The molecular formula is C15H12ClN3O4S. The molecule has 0 radical (unpaired) electrons. The lowest BCUT2D eigenvalue weighted by atomic mass is 10.3. The smallest absolute Gasteiger partial charge is 0.292 e. The normalized spacial score (nSPS) is 9.88. The summed E-state index contributed by atoms with van der Waals surface area (Å²) in [6.45, 7) is -0.264. The van der Waals surface area contributed by atoms with Gasteiger partial charge in [-0.25, -0.2) is 0 Å². The number of halogens is 1. The number of nitro groups is 1. The highest BCUT2D eigenvalue weighted by atomic mass is 35.5. The number of thiocarbonyl (C=S) groups is 1. The number of para-hydroxylation sites is 2. The van der Waals surface area contributed by atoms with Crippen molar-refractivity contribution >= 4 is 46.2 Å². The number of hydrogen-bond donors (Lipinski definition) is 2. The summed E-state index contributed by atoms with van der Waals surface area (Å²) in [6, 6.07) is 12.5. The second-order valence-corrected chi connectivity index (χ2v) is 5.36.